The molecule has 24 heavy (non-hydrogen) atoms. The molecule has 1 saturated heterocycles. The zero-order valence-electron chi connectivity index (χ0n) is 13.5. The standard InChI is InChI=1S/C20H20N2O2/c23-19(10-9-15-5-2-1-3-6-15)21-12-16-11-17(14-21)18-7-4-8-20(24)22(18)13-16/h1-10,16-17H,11-14H2/b10-9+. The first-order valence-corrected chi connectivity index (χ1v) is 8.42. The van der Waals surface area contributed by atoms with E-state index >= 15 is 0 Å². The molecule has 122 valence electrons. The van der Waals surface area contributed by atoms with Crippen LogP contribution in [0.5, 0.6) is 0 Å². The van der Waals surface area contributed by atoms with Crippen molar-refractivity contribution in [3.63, 3.8) is 0 Å². The highest BCUT2D eigenvalue weighted by Gasteiger charge is 2.35. The second-order valence-corrected chi connectivity index (χ2v) is 6.69. The summed E-state index contributed by atoms with van der Waals surface area (Å²) in [6.45, 7) is 2.14. The van der Waals surface area contributed by atoms with Crippen LogP contribution in [0.3, 0.4) is 0 Å². The number of fused-ring (bicyclic) bond motifs is 4. The van der Waals surface area contributed by atoms with Gasteiger partial charge in [-0.25, -0.2) is 0 Å². The third-order valence-electron chi connectivity index (χ3n) is 5.01. The Labute approximate surface area is 141 Å². The van der Waals surface area contributed by atoms with Crippen LogP contribution in [0.15, 0.2) is 59.4 Å². The molecule has 4 heteroatoms. The lowest BCUT2D eigenvalue weighted by Crippen LogP contribution is -2.48. The number of piperidine rings is 1. The predicted octanol–water partition coefficient (Wildman–Crippen LogP) is 2.51. The average Bonchev–Trinajstić information content (AvgIpc) is 2.61. The Morgan fingerprint density at radius 2 is 1.83 bits per heavy atom. The topological polar surface area (TPSA) is 42.3 Å². The summed E-state index contributed by atoms with van der Waals surface area (Å²) >= 11 is 0. The molecule has 4 rings (SSSR count). The van der Waals surface area contributed by atoms with Crippen LogP contribution in [0, 0.1) is 5.92 Å². The maximum absolute atomic E-state index is 12.6. The monoisotopic (exact) mass is 320 g/mol. The van der Waals surface area contributed by atoms with Gasteiger partial charge in [0.2, 0.25) is 5.91 Å². The lowest BCUT2D eigenvalue weighted by Gasteiger charge is -2.42. The van der Waals surface area contributed by atoms with Crippen LogP contribution >= 0.6 is 0 Å². The zero-order chi connectivity index (χ0) is 16.5. The third-order valence-corrected chi connectivity index (χ3v) is 5.01. The molecular weight excluding hydrogens is 300 g/mol. The van der Waals surface area contributed by atoms with Gasteiger partial charge in [-0.1, -0.05) is 36.4 Å². The number of hydrogen-bond donors (Lipinski definition) is 0. The Kier molecular flexibility index (Phi) is 3.81. The molecule has 1 aromatic heterocycles. The Hall–Kier alpha value is -2.62. The van der Waals surface area contributed by atoms with Gasteiger partial charge in [0.15, 0.2) is 0 Å². The molecule has 2 unspecified atom stereocenters. The van der Waals surface area contributed by atoms with E-state index in [4.69, 9.17) is 0 Å². The Morgan fingerprint density at radius 1 is 1.00 bits per heavy atom. The highest BCUT2D eigenvalue weighted by molar-refractivity contribution is 5.91. The fourth-order valence-electron chi connectivity index (χ4n) is 3.91. The molecule has 2 aromatic rings. The van der Waals surface area contributed by atoms with E-state index in [0.29, 0.717) is 12.5 Å². The third kappa shape index (κ3) is 2.80. The first kappa shape index (κ1) is 14.9. The smallest absolute Gasteiger partial charge is 0.250 e. The van der Waals surface area contributed by atoms with Gasteiger partial charge >= 0.3 is 0 Å². The maximum Gasteiger partial charge on any atom is 0.250 e. The fourth-order valence-corrected chi connectivity index (χ4v) is 3.91. The van der Waals surface area contributed by atoms with Gasteiger partial charge in [-0.05, 0) is 30.0 Å². The molecule has 1 fully saturated rings. The van der Waals surface area contributed by atoms with E-state index in [1.54, 1.807) is 12.1 Å². The van der Waals surface area contributed by atoms with E-state index < -0.39 is 0 Å². The number of aromatic nitrogens is 1. The highest BCUT2D eigenvalue weighted by Crippen LogP contribution is 2.34. The minimum absolute atomic E-state index is 0.0558. The first-order valence-electron chi connectivity index (χ1n) is 8.42. The van der Waals surface area contributed by atoms with Crippen LogP contribution < -0.4 is 5.56 Å². The molecule has 0 radical (unpaired) electrons. The van der Waals surface area contributed by atoms with Crippen LogP contribution in [0.1, 0.15) is 23.6 Å². The minimum atomic E-state index is 0.0558. The maximum atomic E-state index is 12.6. The molecule has 0 aliphatic carbocycles. The number of hydrogen-bond acceptors (Lipinski definition) is 2. The Bertz CT molecular complexity index is 838. The quantitative estimate of drug-likeness (QED) is 0.798. The second-order valence-electron chi connectivity index (χ2n) is 6.69. The first-order chi connectivity index (χ1) is 11.7. The van der Waals surface area contributed by atoms with Crippen molar-refractivity contribution in [2.24, 2.45) is 5.92 Å². The summed E-state index contributed by atoms with van der Waals surface area (Å²) in [5.41, 5.74) is 2.18. The van der Waals surface area contributed by atoms with Gasteiger partial charge < -0.3 is 9.47 Å². The van der Waals surface area contributed by atoms with E-state index in [-0.39, 0.29) is 17.4 Å². The van der Waals surface area contributed by atoms with Gasteiger partial charge in [-0.15, -0.1) is 0 Å². The van der Waals surface area contributed by atoms with Crippen LogP contribution in [0.25, 0.3) is 6.08 Å². The second kappa shape index (κ2) is 6.11. The van der Waals surface area contributed by atoms with Crippen molar-refractivity contribution in [2.45, 2.75) is 18.9 Å². The van der Waals surface area contributed by atoms with Crippen LogP contribution in [0.4, 0.5) is 0 Å². The van der Waals surface area contributed by atoms with Gasteiger partial charge in [0, 0.05) is 43.4 Å². The van der Waals surface area contributed by atoms with E-state index in [9.17, 15) is 9.59 Å². The van der Waals surface area contributed by atoms with Crippen molar-refractivity contribution in [3.05, 3.63) is 76.2 Å². The Balaban J connectivity index is 1.53. The molecule has 4 nitrogen and oxygen atoms in total. The lowest BCUT2D eigenvalue weighted by atomic mass is 9.83. The number of pyridine rings is 1. The van der Waals surface area contributed by atoms with Crippen molar-refractivity contribution in [2.75, 3.05) is 13.1 Å². The summed E-state index contributed by atoms with van der Waals surface area (Å²) in [7, 11) is 0. The minimum Gasteiger partial charge on any atom is -0.338 e. The van der Waals surface area contributed by atoms with Gasteiger partial charge in [0.1, 0.15) is 0 Å². The van der Waals surface area contributed by atoms with Crippen molar-refractivity contribution in [1.82, 2.24) is 9.47 Å². The van der Waals surface area contributed by atoms with Gasteiger partial charge in [-0.2, -0.15) is 0 Å². The van der Waals surface area contributed by atoms with Crippen molar-refractivity contribution in [1.29, 1.82) is 0 Å². The normalized spacial score (nSPS) is 22.4. The molecule has 0 spiro atoms. The molecule has 0 saturated carbocycles. The highest BCUT2D eigenvalue weighted by atomic mass is 16.2. The molecule has 2 aliphatic heterocycles. The van der Waals surface area contributed by atoms with E-state index in [1.165, 1.54) is 0 Å². The molecule has 1 amide bonds. The summed E-state index contributed by atoms with van der Waals surface area (Å²) in [4.78, 5) is 26.5. The number of likely N-dealkylation sites (tertiary alicyclic amines) is 1. The van der Waals surface area contributed by atoms with Gasteiger partial charge in [0.05, 0.1) is 0 Å². The lowest BCUT2D eigenvalue weighted by molar-refractivity contribution is -0.128. The largest absolute Gasteiger partial charge is 0.338 e. The van der Waals surface area contributed by atoms with Crippen molar-refractivity contribution >= 4 is 12.0 Å². The predicted molar refractivity (Wildman–Crippen MR) is 93.6 cm³/mol. The van der Waals surface area contributed by atoms with Gasteiger partial charge in [-0.3, -0.25) is 9.59 Å². The summed E-state index contributed by atoms with van der Waals surface area (Å²) in [5, 5.41) is 0. The SMILES string of the molecule is O=C(/C=C/c1ccccc1)N1CC2CC(C1)c1cccc(=O)n1C2. The Morgan fingerprint density at radius 3 is 2.67 bits per heavy atom. The van der Waals surface area contributed by atoms with E-state index in [1.807, 2.05) is 58.0 Å². The number of rotatable bonds is 2. The molecule has 1 aromatic carbocycles. The van der Waals surface area contributed by atoms with Crippen LogP contribution in [-0.2, 0) is 11.3 Å². The van der Waals surface area contributed by atoms with Crippen LogP contribution in [0.2, 0.25) is 0 Å². The number of nitrogens with zero attached hydrogens (tertiary/aromatic N) is 2. The van der Waals surface area contributed by atoms with Crippen LogP contribution in [-0.4, -0.2) is 28.5 Å². The van der Waals surface area contributed by atoms with E-state index in [2.05, 4.69) is 0 Å². The molecule has 0 N–H and O–H groups in total. The fraction of sp³-hybridized carbons (Fsp3) is 0.300. The molecule has 2 atom stereocenters. The summed E-state index contributed by atoms with van der Waals surface area (Å²) in [6.07, 6.45) is 4.59. The molecule has 3 heterocycles. The number of carbonyl (C=O) groups is 1. The number of benzene rings is 1. The van der Waals surface area contributed by atoms with Crippen molar-refractivity contribution in [3.8, 4) is 0 Å². The van der Waals surface area contributed by atoms with E-state index in [0.717, 1.165) is 30.8 Å². The molecule has 2 aliphatic rings. The number of amides is 1. The summed E-state index contributed by atoms with van der Waals surface area (Å²) < 4.78 is 1.89. The molecular formula is C20H20N2O2. The van der Waals surface area contributed by atoms with Crippen molar-refractivity contribution < 1.29 is 4.79 Å². The number of carbonyl (C=O) groups excluding carboxylic acids is 1. The molecule has 2 bridgehead atoms. The summed E-state index contributed by atoms with van der Waals surface area (Å²) in [6, 6.07) is 15.3. The van der Waals surface area contributed by atoms with Gasteiger partial charge in [0.25, 0.3) is 5.56 Å². The average molecular weight is 320 g/mol. The summed E-state index contributed by atoms with van der Waals surface area (Å²) in [5.74, 6) is 0.686. The zero-order valence-corrected chi connectivity index (χ0v) is 13.5.